The summed E-state index contributed by atoms with van der Waals surface area (Å²) in [5.41, 5.74) is 2.40. The molecule has 0 radical (unpaired) electrons. The summed E-state index contributed by atoms with van der Waals surface area (Å²) in [7, 11) is 1.71. The average molecular weight is 423 g/mol. The molecule has 4 heteroatoms. The zero-order chi connectivity index (χ0) is 21.7. The number of methoxy groups -OCH3 is 1. The smallest absolute Gasteiger partial charge is 0.126 e. The van der Waals surface area contributed by atoms with Gasteiger partial charge in [-0.25, -0.2) is 0 Å². The first-order valence-electron chi connectivity index (χ1n) is 11.7. The number of aliphatic hydroxyl groups excluding tert-OH is 1. The van der Waals surface area contributed by atoms with Crippen LogP contribution < -0.4 is 15.4 Å². The lowest BCUT2D eigenvalue weighted by atomic mass is 9.82. The summed E-state index contributed by atoms with van der Waals surface area (Å²) in [5.74, 6) is 2.42. The standard InChI is InChI=1S/C27H38N2O2/c1-31-27-12-6-5-10-25(27)11-7-17-28-19-23-13-15-24(16-14-23)20-29-26(21-30)18-22-8-3-2-4-9-22/h2-12,23-24,26,28-30H,13-21H2,1H3. The molecule has 31 heavy (non-hydrogen) atoms. The maximum Gasteiger partial charge on any atom is 0.126 e. The van der Waals surface area contributed by atoms with Crippen LogP contribution in [-0.4, -0.2) is 44.5 Å². The number of para-hydroxylation sites is 1. The number of hydrogen-bond donors (Lipinski definition) is 3. The molecule has 1 atom stereocenters. The van der Waals surface area contributed by atoms with Crippen molar-refractivity contribution in [2.45, 2.75) is 38.1 Å². The fourth-order valence-corrected chi connectivity index (χ4v) is 4.43. The number of aliphatic hydroxyl groups is 1. The third-order valence-electron chi connectivity index (χ3n) is 6.34. The van der Waals surface area contributed by atoms with Crippen molar-refractivity contribution < 1.29 is 9.84 Å². The molecule has 1 aliphatic carbocycles. The Morgan fingerprint density at radius 3 is 2.35 bits per heavy atom. The van der Waals surface area contributed by atoms with Crippen LogP contribution >= 0.6 is 0 Å². The van der Waals surface area contributed by atoms with E-state index in [1.165, 1.54) is 31.2 Å². The summed E-state index contributed by atoms with van der Waals surface area (Å²) in [5, 5.41) is 16.9. The Morgan fingerprint density at radius 2 is 1.65 bits per heavy atom. The third kappa shape index (κ3) is 8.13. The fourth-order valence-electron chi connectivity index (χ4n) is 4.43. The van der Waals surface area contributed by atoms with E-state index in [1.807, 2.05) is 24.3 Å². The highest BCUT2D eigenvalue weighted by atomic mass is 16.5. The highest BCUT2D eigenvalue weighted by molar-refractivity contribution is 5.57. The van der Waals surface area contributed by atoms with Gasteiger partial charge in [0, 0.05) is 18.2 Å². The van der Waals surface area contributed by atoms with E-state index in [0.29, 0.717) is 0 Å². The molecule has 0 heterocycles. The van der Waals surface area contributed by atoms with Gasteiger partial charge in [0.05, 0.1) is 13.7 Å². The van der Waals surface area contributed by atoms with E-state index >= 15 is 0 Å². The molecule has 0 amide bonds. The minimum Gasteiger partial charge on any atom is -0.496 e. The van der Waals surface area contributed by atoms with Crippen molar-refractivity contribution in [3.63, 3.8) is 0 Å². The van der Waals surface area contributed by atoms with Gasteiger partial charge in [-0.2, -0.15) is 0 Å². The Hall–Kier alpha value is -2.14. The van der Waals surface area contributed by atoms with Gasteiger partial charge in [-0.15, -0.1) is 0 Å². The number of ether oxygens (including phenoxy) is 1. The van der Waals surface area contributed by atoms with Crippen molar-refractivity contribution >= 4 is 6.08 Å². The zero-order valence-electron chi connectivity index (χ0n) is 18.8. The minimum absolute atomic E-state index is 0.150. The van der Waals surface area contributed by atoms with Gasteiger partial charge in [0.1, 0.15) is 5.75 Å². The largest absolute Gasteiger partial charge is 0.496 e. The molecule has 2 aromatic rings. The monoisotopic (exact) mass is 422 g/mol. The molecular formula is C27H38N2O2. The molecule has 0 aromatic heterocycles. The first kappa shape index (κ1) is 23.5. The van der Waals surface area contributed by atoms with Crippen LogP contribution in [0.2, 0.25) is 0 Å². The quantitative estimate of drug-likeness (QED) is 0.447. The van der Waals surface area contributed by atoms with Gasteiger partial charge in [-0.1, -0.05) is 60.7 Å². The van der Waals surface area contributed by atoms with Crippen LogP contribution in [0.25, 0.3) is 6.08 Å². The summed E-state index contributed by atoms with van der Waals surface area (Å²) in [6, 6.07) is 18.7. The van der Waals surface area contributed by atoms with Crippen LogP contribution in [0.3, 0.4) is 0 Å². The van der Waals surface area contributed by atoms with Crippen LogP contribution in [0.5, 0.6) is 5.75 Å². The molecule has 3 N–H and O–H groups in total. The van der Waals surface area contributed by atoms with E-state index in [0.717, 1.165) is 49.2 Å². The Bertz CT molecular complexity index is 770. The van der Waals surface area contributed by atoms with Crippen LogP contribution in [0.15, 0.2) is 60.7 Å². The van der Waals surface area contributed by atoms with Crippen molar-refractivity contribution in [3.8, 4) is 5.75 Å². The number of benzene rings is 2. The second-order valence-corrected chi connectivity index (χ2v) is 8.67. The maximum absolute atomic E-state index is 9.72. The average Bonchev–Trinajstić information content (AvgIpc) is 2.83. The SMILES string of the molecule is COc1ccccc1C=CCNCC1CCC(CNC(CO)Cc2ccccc2)CC1. The van der Waals surface area contributed by atoms with Gasteiger partial charge >= 0.3 is 0 Å². The van der Waals surface area contributed by atoms with Crippen LogP contribution in [0.4, 0.5) is 0 Å². The van der Waals surface area contributed by atoms with E-state index in [2.05, 4.69) is 53.1 Å². The molecule has 0 saturated heterocycles. The first-order valence-corrected chi connectivity index (χ1v) is 11.7. The molecule has 1 fully saturated rings. The molecular weight excluding hydrogens is 384 g/mol. The maximum atomic E-state index is 9.72. The van der Waals surface area contributed by atoms with Crippen LogP contribution in [0.1, 0.15) is 36.8 Å². The van der Waals surface area contributed by atoms with Gasteiger partial charge < -0.3 is 20.5 Å². The highest BCUT2D eigenvalue weighted by Crippen LogP contribution is 2.28. The summed E-state index contributed by atoms with van der Waals surface area (Å²) in [6.45, 7) is 3.18. The fraction of sp³-hybridized carbons (Fsp3) is 0.481. The van der Waals surface area contributed by atoms with Crippen LogP contribution in [0, 0.1) is 11.8 Å². The van der Waals surface area contributed by atoms with E-state index in [-0.39, 0.29) is 12.6 Å². The summed E-state index contributed by atoms with van der Waals surface area (Å²) >= 11 is 0. The molecule has 0 aliphatic heterocycles. The summed E-state index contributed by atoms with van der Waals surface area (Å²) < 4.78 is 5.39. The summed E-state index contributed by atoms with van der Waals surface area (Å²) in [4.78, 5) is 0. The van der Waals surface area contributed by atoms with E-state index in [1.54, 1.807) is 7.11 Å². The van der Waals surface area contributed by atoms with E-state index < -0.39 is 0 Å². The predicted octanol–water partition coefficient (Wildman–Crippen LogP) is 4.30. The van der Waals surface area contributed by atoms with E-state index in [4.69, 9.17) is 4.74 Å². The molecule has 2 aromatic carbocycles. The molecule has 0 spiro atoms. The van der Waals surface area contributed by atoms with Gasteiger partial charge in [0.2, 0.25) is 0 Å². The molecule has 168 valence electrons. The Morgan fingerprint density at radius 1 is 0.968 bits per heavy atom. The summed E-state index contributed by atoms with van der Waals surface area (Å²) in [6.07, 6.45) is 10.3. The van der Waals surface area contributed by atoms with Gasteiger partial charge in [0.15, 0.2) is 0 Å². The normalized spacial score (nSPS) is 20.1. The number of hydrogen-bond acceptors (Lipinski definition) is 4. The van der Waals surface area contributed by atoms with Crippen LogP contribution in [-0.2, 0) is 6.42 Å². The first-order chi connectivity index (χ1) is 15.3. The topological polar surface area (TPSA) is 53.5 Å². The lowest BCUT2D eigenvalue weighted by molar-refractivity contribution is 0.217. The Balaban J connectivity index is 1.29. The number of nitrogens with one attached hydrogen (secondary N) is 2. The van der Waals surface area contributed by atoms with Crippen molar-refractivity contribution in [2.24, 2.45) is 11.8 Å². The highest BCUT2D eigenvalue weighted by Gasteiger charge is 2.21. The second-order valence-electron chi connectivity index (χ2n) is 8.67. The molecule has 1 unspecified atom stereocenters. The lowest BCUT2D eigenvalue weighted by Gasteiger charge is -2.30. The van der Waals surface area contributed by atoms with Gasteiger partial charge in [-0.3, -0.25) is 0 Å². The van der Waals surface area contributed by atoms with Crippen molar-refractivity contribution in [2.75, 3.05) is 33.4 Å². The van der Waals surface area contributed by atoms with Gasteiger partial charge in [0.25, 0.3) is 0 Å². The lowest BCUT2D eigenvalue weighted by Crippen LogP contribution is -2.39. The molecule has 1 saturated carbocycles. The second kappa shape index (κ2) is 13.3. The third-order valence-corrected chi connectivity index (χ3v) is 6.34. The van der Waals surface area contributed by atoms with Crippen molar-refractivity contribution in [1.29, 1.82) is 0 Å². The Labute approximate surface area is 187 Å². The molecule has 4 nitrogen and oxygen atoms in total. The minimum atomic E-state index is 0.150. The zero-order valence-corrected chi connectivity index (χ0v) is 18.8. The van der Waals surface area contributed by atoms with E-state index in [9.17, 15) is 5.11 Å². The molecule has 0 bridgehead atoms. The van der Waals surface area contributed by atoms with Gasteiger partial charge in [-0.05, 0) is 68.7 Å². The van der Waals surface area contributed by atoms with Crippen molar-refractivity contribution in [3.05, 3.63) is 71.8 Å². The molecule has 3 rings (SSSR count). The number of rotatable bonds is 12. The van der Waals surface area contributed by atoms with Crippen molar-refractivity contribution in [1.82, 2.24) is 10.6 Å². The molecule has 1 aliphatic rings. The Kier molecular flexibility index (Phi) is 10.1. The predicted molar refractivity (Wildman–Crippen MR) is 129 cm³/mol.